The van der Waals surface area contributed by atoms with E-state index in [9.17, 15) is 8.78 Å². The van der Waals surface area contributed by atoms with Crippen LogP contribution < -0.4 is 20.3 Å². The van der Waals surface area contributed by atoms with Crippen LogP contribution in [0.5, 0.6) is 5.75 Å². The molecule has 1 aliphatic heterocycles. The number of nitrogens with zero attached hydrogens (tertiary/aromatic N) is 5. The number of ether oxygens (including phenoxy) is 1. The summed E-state index contributed by atoms with van der Waals surface area (Å²) >= 11 is 0. The maximum Gasteiger partial charge on any atom is 0.162 e. The van der Waals surface area contributed by atoms with E-state index in [2.05, 4.69) is 25.5 Å². The second kappa shape index (κ2) is 8.91. The first-order chi connectivity index (χ1) is 16.1. The van der Waals surface area contributed by atoms with Crippen LogP contribution in [0.25, 0.3) is 22.3 Å². The molecule has 1 aliphatic rings. The minimum absolute atomic E-state index is 0.121. The highest BCUT2D eigenvalue weighted by atomic mass is 19.1. The molecule has 8 nitrogen and oxygen atoms in total. The molecule has 33 heavy (non-hydrogen) atoms. The van der Waals surface area contributed by atoms with Crippen LogP contribution in [0.4, 0.5) is 26.1 Å². The normalized spacial score (nSPS) is 13.8. The van der Waals surface area contributed by atoms with E-state index in [0.29, 0.717) is 28.5 Å². The van der Waals surface area contributed by atoms with Crippen molar-refractivity contribution in [2.24, 2.45) is 0 Å². The number of halogens is 2. The number of piperazine rings is 1. The summed E-state index contributed by atoms with van der Waals surface area (Å²) in [6, 6.07) is 6.83. The lowest BCUT2D eigenvalue weighted by Crippen LogP contribution is -2.44. The minimum atomic E-state index is -0.705. The van der Waals surface area contributed by atoms with Crippen LogP contribution in [0.2, 0.25) is 0 Å². The largest absolute Gasteiger partial charge is 0.494 e. The number of hydrogen-bond donors (Lipinski definition) is 2. The third-order valence-electron chi connectivity index (χ3n) is 5.40. The van der Waals surface area contributed by atoms with Crippen LogP contribution in [0.15, 0.2) is 48.9 Å². The molecule has 0 unspecified atom stereocenters. The van der Waals surface area contributed by atoms with Gasteiger partial charge in [0.25, 0.3) is 0 Å². The zero-order chi connectivity index (χ0) is 22.8. The molecule has 1 saturated heterocycles. The van der Waals surface area contributed by atoms with Crippen molar-refractivity contribution in [2.75, 3.05) is 43.5 Å². The monoisotopic (exact) mass is 449 g/mol. The second-order valence-corrected chi connectivity index (χ2v) is 7.52. The molecule has 10 heteroatoms. The predicted octanol–water partition coefficient (Wildman–Crippen LogP) is 3.53. The molecule has 168 valence electrons. The topological polar surface area (TPSA) is 88.1 Å². The van der Waals surface area contributed by atoms with E-state index < -0.39 is 11.6 Å². The molecule has 5 rings (SSSR count). The van der Waals surface area contributed by atoms with Gasteiger partial charge in [-0.25, -0.2) is 23.7 Å². The van der Waals surface area contributed by atoms with Gasteiger partial charge >= 0.3 is 0 Å². The number of hydrogen-bond acceptors (Lipinski definition) is 8. The Morgan fingerprint density at radius 2 is 1.91 bits per heavy atom. The summed E-state index contributed by atoms with van der Waals surface area (Å²) in [6.07, 6.45) is 4.92. The molecule has 0 radical (unpaired) electrons. The molecular weight excluding hydrogens is 428 g/mol. The number of fused-ring (bicyclic) bond motifs is 1. The molecule has 0 bridgehead atoms. The Kier molecular flexibility index (Phi) is 5.66. The molecule has 1 aromatic carbocycles. The maximum absolute atomic E-state index is 14.1. The Bertz CT molecular complexity index is 1310. The summed E-state index contributed by atoms with van der Waals surface area (Å²) in [4.78, 5) is 20.3. The summed E-state index contributed by atoms with van der Waals surface area (Å²) in [5, 5.41) is 7.03. The lowest BCUT2D eigenvalue weighted by molar-refractivity contribution is 0.418. The molecule has 0 atom stereocenters. The van der Waals surface area contributed by atoms with Crippen molar-refractivity contribution in [2.45, 2.75) is 0 Å². The Morgan fingerprint density at radius 1 is 1.06 bits per heavy atom. The van der Waals surface area contributed by atoms with Crippen LogP contribution >= 0.6 is 0 Å². The molecule has 2 N–H and O–H groups in total. The number of benzene rings is 1. The highest BCUT2D eigenvalue weighted by Gasteiger charge is 2.21. The smallest absolute Gasteiger partial charge is 0.162 e. The van der Waals surface area contributed by atoms with E-state index in [4.69, 9.17) is 14.7 Å². The lowest BCUT2D eigenvalue weighted by Gasteiger charge is -2.29. The van der Waals surface area contributed by atoms with Crippen LogP contribution in [0.3, 0.4) is 0 Å². The molecule has 3 aromatic heterocycles. The number of pyridine rings is 2. The van der Waals surface area contributed by atoms with Gasteiger partial charge in [0.15, 0.2) is 5.82 Å². The standard InChI is InChI=1S/C23H21F2N7O/c1-33-19-13-27-12-18-21(19)23(32-8-6-26-7-9-32)31-22(30-18)14-4-5-28-20(10-14)29-17-3-2-15(24)11-16(17)25/h2-5,10-13,26H,6-9H2,1H3,(H,28,29). The zero-order valence-electron chi connectivity index (χ0n) is 17.8. The molecule has 0 aliphatic carbocycles. The molecule has 0 amide bonds. The SMILES string of the molecule is COc1cncc2nc(-c3ccnc(Nc4ccc(F)cc4F)c3)nc(N3CCNCC3)c12. The summed E-state index contributed by atoms with van der Waals surface area (Å²) < 4.78 is 32.8. The van der Waals surface area contributed by atoms with Crippen LogP contribution in [0.1, 0.15) is 0 Å². The van der Waals surface area contributed by atoms with Gasteiger partial charge in [0.1, 0.15) is 29.0 Å². The van der Waals surface area contributed by atoms with Gasteiger partial charge in [-0.1, -0.05) is 0 Å². The lowest BCUT2D eigenvalue weighted by atomic mass is 10.2. The maximum atomic E-state index is 14.1. The van der Waals surface area contributed by atoms with Gasteiger partial charge in [-0.15, -0.1) is 0 Å². The quantitative estimate of drug-likeness (QED) is 0.479. The number of nitrogens with one attached hydrogen (secondary N) is 2. The van der Waals surface area contributed by atoms with E-state index in [-0.39, 0.29) is 5.69 Å². The van der Waals surface area contributed by atoms with Crippen molar-refractivity contribution >= 4 is 28.2 Å². The van der Waals surface area contributed by atoms with Gasteiger partial charge < -0.3 is 20.3 Å². The molecule has 1 fully saturated rings. The fraction of sp³-hybridized carbons (Fsp3) is 0.217. The summed E-state index contributed by atoms with van der Waals surface area (Å²) in [7, 11) is 1.60. The average Bonchev–Trinajstić information content (AvgIpc) is 2.85. The number of aromatic nitrogens is 4. The van der Waals surface area contributed by atoms with Gasteiger partial charge in [-0.05, 0) is 24.3 Å². The Labute approximate surface area is 188 Å². The van der Waals surface area contributed by atoms with Crippen molar-refractivity contribution in [3.8, 4) is 17.1 Å². The highest BCUT2D eigenvalue weighted by Crippen LogP contribution is 2.34. The van der Waals surface area contributed by atoms with Crippen LogP contribution in [0, 0.1) is 11.6 Å². The zero-order valence-corrected chi connectivity index (χ0v) is 17.8. The van der Waals surface area contributed by atoms with Crippen LogP contribution in [-0.2, 0) is 0 Å². The van der Waals surface area contributed by atoms with Gasteiger partial charge in [0.05, 0.1) is 36.1 Å². The first-order valence-electron chi connectivity index (χ1n) is 10.5. The van der Waals surface area contributed by atoms with Crippen molar-refractivity contribution in [3.63, 3.8) is 0 Å². The Hall–Kier alpha value is -3.92. The van der Waals surface area contributed by atoms with E-state index in [1.165, 1.54) is 12.1 Å². The minimum Gasteiger partial charge on any atom is -0.494 e. The van der Waals surface area contributed by atoms with E-state index in [1.807, 2.05) is 0 Å². The van der Waals surface area contributed by atoms with E-state index in [0.717, 1.165) is 43.4 Å². The van der Waals surface area contributed by atoms with Gasteiger partial charge in [0.2, 0.25) is 0 Å². The second-order valence-electron chi connectivity index (χ2n) is 7.52. The molecule has 4 heterocycles. The number of anilines is 3. The molecular formula is C23H21F2N7O. The summed E-state index contributed by atoms with van der Waals surface area (Å²) in [6.45, 7) is 3.29. The van der Waals surface area contributed by atoms with Crippen molar-refractivity contribution < 1.29 is 13.5 Å². The van der Waals surface area contributed by atoms with Crippen molar-refractivity contribution in [3.05, 3.63) is 60.6 Å². The summed E-state index contributed by atoms with van der Waals surface area (Å²) in [5.41, 5.74) is 1.47. The molecule has 0 saturated carbocycles. The Morgan fingerprint density at radius 3 is 2.70 bits per heavy atom. The third-order valence-corrected chi connectivity index (χ3v) is 5.40. The van der Waals surface area contributed by atoms with Crippen molar-refractivity contribution in [1.82, 2.24) is 25.3 Å². The fourth-order valence-corrected chi connectivity index (χ4v) is 3.79. The number of methoxy groups -OCH3 is 1. The van der Waals surface area contributed by atoms with Crippen LogP contribution in [-0.4, -0.2) is 53.2 Å². The first kappa shape index (κ1) is 21.0. The van der Waals surface area contributed by atoms with Gasteiger partial charge in [-0.2, -0.15) is 0 Å². The van der Waals surface area contributed by atoms with Crippen molar-refractivity contribution in [1.29, 1.82) is 0 Å². The number of rotatable bonds is 5. The highest BCUT2D eigenvalue weighted by molar-refractivity contribution is 5.95. The molecule has 4 aromatic rings. The Balaban J connectivity index is 1.58. The summed E-state index contributed by atoms with van der Waals surface area (Å²) in [5.74, 6) is 0.894. The van der Waals surface area contributed by atoms with Gasteiger partial charge in [-0.3, -0.25) is 4.98 Å². The average molecular weight is 449 g/mol. The fourth-order valence-electron chi connectivity index (χ4n) is 3.79. The first-order valence-corrected chi connectivity index (χ1v) is 10.5. The van der Waals surface area contributed by atoms with Gasteiger partial charge in [0, 0.05) is 44.0 Å². The third kappa shape index (κ3) is 4.24. The van der Waals surface area contributed by atoms with E-state index in [1.54, 1.807) is 37.8 Å². The predicted molar refractivity (Wildman–Crippen MR) is 122 cm³/mol. The van der Waals surface area contributed by atoms with E-state index >= 15 is 0 Å². The molecule has 0 spiro atoms.